The topological polar surface area (TPSA) is 84.9 Å². The Hall–Kier alpha value is -2.08. The number of ether oxygens (including phenoxy) is 2. The third-order valence-corrected chi connectivity index (χ3v) is 3.95. The molecule has 0 unspecified atom stereocenters. The molecule has 0 aliphatic carbocycles. The molecular formula is C21H33NO5. The largest absolute Gasteiger partial charge is 0.482 e. The molecule has 6 heteroatoms. The third kappa shape index (κ3) is 7.99. The molecule has 0 aliphatic rings. The lowest BCUT2D eigenvalue weighted by Gasteiger charge is -2.35. The van der Waals surface area contributed by atoms with Gasteiger partial charge in [0.05, 0.1) is 0 Å². The van der Waals surface area contributed by atoms with Crippen molar-refractivity contribution in [3.05, 3.63) is 24.3 Å². The summed E-state index contributed by atoms with van der Waals surface area (Å²) >= 11 is 0. The van der Waals surface area contributed by atoms with E-state index in [1.807, 2.05) is 6.92 Å². The highest BCUT2D eigenvalue weighted by molar-refractivity contribution is 5.97. The van der Waals surface area contributed by atoms with Gasteiger partial charge in [0.15, 0.2) is 6.61 Å². The summed E-state index contributed by atoms with van der Waals surface area (Å²) in [7, 11) is 0. The van der Waals surface area contributed by atoms with E-state index in [4.69, 9.17) is 14.6 Å². The number of rotatable bonds is 12. The Balaban J connectivity index is 2.94. The number of carboxylic acids is 1. The van der Waals surface area contributed by atoms with Gasteiger partial charge in [0.25, 0.3) is 5.91 Å². The van der Waals surface area contributed by atoms with Gasteiger partial charge in [-0.15, -0.1) is 0 Å². The molecule has 1 aromatic carbocycles. The van der Waals surface area contributed by atoms with E-state index in [2.05, 4.69) is 33.0 Å². The molecule has 0 bridgehead atoms. The molecular weight excluding hydrogens is 346 g/mol. The van der Waals surface area contributed by atoms with Crippen molar-refractivity contribution in [2.75, 3.05) is 18.5 Å². The predicted octanol–water partition coefficient (Wildman–Crippen LogP) is 4.35. The molecule has 0 aromatic heterocycles. The summed E-state index contributed by atoms with van der Waals surface area (Å²) in [6.45, 7) is 10.5. The normalized spacial score (nSPS) is 11.7. The lowest BCUT2D eigenvalue weighted by Crippen LogP contribution is -2.47. The third-order valence-electron chi connectivity index (χ3n) is 3.95. The maximum Gasteiger partial charge on any atom is 0.341 e. The second kappa shape index (κ2) is 10.9. The van der Waals surface area contributed by atoms with Gasteiger partial charge < -0.3 is 19.9 Å². The quantitative estimate of drug-likeness (QED) is 0.564. The van der Waals surface area contributed by atoms with Gasteiger partial charge in [-0.1, -0.05) is 34.6 Å². The second-order valence-electron chi connectivity index (χ2n) is 7.70. The van der Waals surface area contributed by atoms with Crippen LogP contribution in [0.15, 0.2) is 24.3 Å². The molecule has 0 aliphatic heterocycles. The van der Waals surface area contributed by atoms with Crippen LogP contribution in [0.2, 0.25) is 0 Å². The molecule has 0 radical (unpaired) electrons. The van der Waals surface area contributed by atoms with Crippen LogP contribution in [0.3, 0.4) is 0 Å². The average Bonchev–Trinajstić information content (AvgIpc) is 2.58. The molecule has 6 nitrogen and oxygen atoms in total. The number of carboxylic acid groups (broad SMARTS) is 1. The Morgan fingerprint density at radius 1 is 1.07 bits per heavy atom. The van der Waals surface area contributed by atoms with Gasteiger partial charge in [-0.25, -0.2) is 4.79 Å². The fourth-order valence-corrected chi connectivity index (χ4v) is 3.09. The summed E-state index contributed by atoms with van der Waals surface area (Å²) in [5, 5.41) is 11.6. The Morgan fingerprint density at radius 2 is 1.63 bits per heavy atom. The SMILES string of the molecule is CCCOC(CC(C)C)(CC(C)C)C(=O)Nc1ccc(OCC(=O)O)cc1. The zero-order valence-electron chi connectivity index (χ0n) is 17.1. The Morgan fingerprint density at radius 3 is 2.07 bits per heavy atom. The monoisotopic (exact) mass is 379 g/mol. The molecule has 0 heterocycles. The summed E-state index contributed by atoms with van der Waals surface area (Å²) in [6, 6.07) is 6.67. The number of aliphatic carboxylic acids is 1. The highest BCUT2D eigenvalue weighted by atomic mass is 16.5. The number of nitrogens with one attached hydrogen (secondary N) is 1. The molecule has 0 saturated heterocycles. The number of amides is 1. The standard InChI is InChI=1S/C21H33NO5/c1-6-11-27-21(12-15(2)3,13-16(4)5)20(25)22-17-7-9-18(10-8-17)26-14-19(23)24/h7-10,15-16H,6,11-14H2,1-5H3,(H,22,25)(H,23,24). The van der Waals surface area contributed by atoms with E-state index in [1.54, 1.807) is 24.3 Å². The summed E-state index contributed by atoms with van der Waals surface area (Å²) in [5.41, 5.74) is -0.240. The first-order valence-corrected chi connectivity index (χ1v) is 9.58. The van der Waals surface area contributed by atoms with E-state index in [9.17, 15) is 9.59 Å². The minimum atomic E-state index is -1.03. The molecule has 2 N–H and O–H groups in total. The molecule has 152 valence electrons. The highest BCUT2D eigenvalue weighted by Crippen LogP contribution is 2.31. The minimum absolute atomic E-state index is 0.141. The molecule has 0 atom stereocenters. The van der Waals surface area contributed by atoms with Crippen LogP contribution in [-0.4, -0.2) is 35.8 Å². The van der Waals surface area contributed by atoms with Gasteiger partial charge >= 0.3 is 5.97 Å². The van der Waals surface area contributed by atoms with Gasteiger partial charge in [-0.3, -0.25) is 4.79 Å². The number of benzene rings is 1. The van der Waals surface area contributed by atoms with Crippen LogP contribution in [0.25, 0.3) is 0 Å². The average molecular weight is 379 g/mol. The van der Waals surface area contributed by atoms with Crippen LogP contribution < -0.4 is 10.1 Å². The Labute approximate surface area is 162 Å². The molecule has 0 spiro atoms. The molecule has 0 saturated carbocycles. The number of hydrogen-bond donors (Lipinski definition) is 2. The highest BCUT2D eigenvalue weighted by Gasteiger charge is 2.40. The first kappa shape index (κ1) is 23.0. The number of anilines is 1. The Kier molecular flexibility index (Phi) is 9.29. The number of hydrogen-bond acceptors (Lipinski definition) is 4. The smallest absolute Gasteiger partial charge is 0.341 e. The van der Waals surface area contributed by atoms with E-state index in [0.717, 1.165) is 6.42 Å². The zero-order chi connectivity index (χ0) is 20.4. The second-order valence-corrected chi connectivity index (χ2v) is 7.70. The predicted molar refractivity (Wildman–Crippen MR) is 106 cm³/mol. The first-order valence-electron chi connectivity index (χ1n) is 9.58. The summed E-state index contributed by atoms with van der Waals surface area (Å²) in [4.78, 5) is 23.7. The molecule has 27 heavy (non-hydrogen) atoms. The lowest BCUT2D eigenvalue weighted by molar-refractivity contribution is -0.147. The van der Waals surface area contributed by atoms with Crippen LogP contribution in [0.1, 0.15) is 53.9 Å². The van der Waals surface area contributed by atoms with Gasteiger partial charge in [0.1, 0.15) is 11.4 Å². The minimum Gasteiger partial charge on any atom is -0.482 e. The van der Waals surface area contributed by atoms with Gasteiger partial charge in [0, 0.05) is 12.3 Å². The van der Waals surface area contributed by atoms with Crippen LogP contribution >= 0.6 is 0 Å². The van der Waals surface area contributed by atoms with Crippen molar-refractivity contribution in [2.45, 2.75) is 59.5 Å². The van der Waals surface area contributed by atoms with E-state index >= 15 is 0 Å². The van der Waals surface area contributed by atoms with Crippen LogP contribution in [0.5, 0.6) is 5.75 Å². The van der Waals surface area contributed by atoms with Crippen molar-refractivity contribution < 1.29 is 24.2 Å². The summed E-state index contributed by atoms with van der Waals surface area (Å²) in [6.07, 6.45) is 2.15. The zero-order valence-corrected chi connectivity index (χ0v) is 17.1. The van der Waals surface area contributed by atoms with Crippen molar-refractivity contribution in [1.82, 2.24) is 0 Å². The summed E-state index contributed by atoms with van der Waals surface area (Å²) in [5.74, 6) is -0.102. The molecule has 1 amide bonds. The maximum atomic E-state index is 13.2. The summed E-state index contributed by atoms with van der Waals surface area (Å²) < 4.78 is 11.2. The van der Waals surface area contributed by atoms with Crippen molar-refractivity contribution in [1.29, 1.82) is 0 Å². The van der Waals surface area contributed by atoms with E-state index < -0.39 is 18.2 Å². The van der Waals surface area contributed by atoms with E-state index in [-0.39, 0.29) is 5.91 Å². The number of carbonyl (C=O) groups excluding carboxylic acids is 1. The molecule has 1 aromatic rings. The van der Waals surface area contributed by atoms with Gasteiger partial charge in [-0.2, -0.15) is 0 Å². The van der Waals surface area contributed by atoms with Crippen LogP contribution in [-0.2, 0) is 14.3 Å². The van der Waals surface area contributed by atoms with Gasteiger partial charge in [0.2, 0.25) is 0 Å². The fourth-order valence-electron chi connectivity index (χ4n) is 3.09. The van der Waals surface area contributed by atoms with E-state index in [0.29, 0.717) is 42.7 Å². The van der Waals surface area contributed by atoms with Crippen LogP contribution in [0.4, 0.5) is 5.69 Å². The van der Waals surface area contributed by atoms with Crippen molar-refractivity contribution >= 4 is 17.6 Å². The number of carbonyl (C=O) groups is 2. The van der Waals surface area contributed by atoms with Crippen molar-refractivity contribution in [3.8, 4) is 5.75 Å². The van der Waals surface area contributed by atoms with Crippen LogP contribution in [0, 0.1) is 11.8 Å². The van der Waals surface area contributed by atoms with Crippen molar-refractivity contribution in [3.63, 3.8) is 0 Å². The fraction of sp³-hybridized carbons (Fsp3) is 0.619. The van der Waals surface area contributed by atoms with Gasteiger partial charge in [-0.05, 0) is 55.4 Å². The van der Waals surface area contributed by atoms with Crippen molar-refractivity contribution in [2.24, 2.45) is 11.8 Å². The Bertz CT molecular complexity index is 585. The van der Waals surface area contributed by atoms with E-state index in [1.165, 1.54) is 0 Å². The molecule has 1 rings (SSSR count). The maximum absolute atomic E-state index is 13.2. The lowest BCUT2D eigenvalue weighted by atomic mass is 9.83. The first-order chi connectivity index (χ1) is 12.7. The molecule has 0 fully saturated rings.